The molecule has 21 heavy (non-hydrogen) atoms. The Balaban J connectivity index is 1.89. The van der Waals surface area contributed by atoms with Crippen LogP contribution in [0.5, 0.6) is 5.75 Å². The zero-order valence-corrected chi connectivity index (χ0v) is 11.7. The molecule has 0 heterocycles. The van der Waals surface area contributed by atoms with Gasteiger partial charge in [0, 0.05) is 0 Å². The van der Waals surface area contributed by atoms with Crippen molar-refractivity contribution in [3.8, 4) is 5.75 Å². The number of halogens is 2. The molecular weight excluding hydrogens is 272 g/mol. The maximum Gasteiger partial charge on any atom is 0.200 e. The van der Waals surface area contributed by atoms with E-state index in [0.717, 1.165) is 11.6 Å². The first-order chi connectivity index (χ1) is 10.1. The number of fused-ring (bicyclic) bond motifs is 1. The molecule has 1 aliphatic carbocycles. The van der Waals surface area contributed by atoms with Gasteiger partial charge < -0.3 is 10.5 Å². The lowest BCUT2D eigenvalue weighted by Crippen LogP contribution is -2.37. The minimum atomic E-state index is -0.962. The number of ether oxygens (including phenoxy) is 1. The molecule has 2 N–H and O–H groups in total. The van der Waals surface area contributed by atoms with Gasteiger partial charge in [0.2, 0.25) is 5.82 Å². The molecule has 3 unspecified atom stereocenters. The third-order valence-corrected chi connectivity index (χ3v) is 4.07. The van der Waals surface area contributed by atoms with Crippen molar-refractivity contribution in [2.75, 3.05) is 0 Å². The SMILES string of the molecule is CC1CC(Oc2cccc(F)c2F)C(N)c2ccccc21. The van der Waals surface area contributed by atoms with Crippen molar-refractivity contribution in [3.05, 3.63) is 65.2 Å². The van der Waals surface area contributed by atoms with E-state index in [0.29, 0.717) is 6.42 Å². The van der Waals surface area contributed by atoms with Crippen molar-refractivity contribution in [1.29, 1.82) is 0 Å². The summed E-state index contributed by atoms with van der Waals surface area (Å²) in [6.45, 7) is 2.09. The molecule has 2 aromatic rings. The molecule has 0 amide bonds. The number of rotatable bonds is 2. The average molecular weight is 289 g/mol. The Labute approximate surface area is 122 Å². The summed E-state index contributed by atoms with van der Waals surface area (Å²) in [6.07, 6.45) is 0.305. The summed E-state index contributed by atoms with van der Waals surface area (Å²) in [4.78, 5) is 0. The first kappa shape index (κ1) is 14.0. The van der Waals surface area contributed by atoms with Crippen LogP contribution in [0.3, 0.4) is 0 Å². The highest BCUT2D eigenvalue weighted by Gasteiger charge is 2.32. The molecule has 0 radical (unpaired) electrons. The van der Waals surface area contributed by atoms with Gasteiger partial charge in [0.1, 0.15) is 6.10 Å². The summed E-state index contributed by atoms with van der Waals surface area (Å²) in [6, 6.07) is 11.5. The molecule has 0 saturated carbocycles. The van der Waals surface area contributed by atoms with E-state index in [-0.39, 0.29) is 23.8 Å². The summed E-state index contributed by atoms with van der Waals surface area (Å²) in [5, 5.41) is 0. The lowest BCUT2D eigenvalue weighted by molar-refractivity contribution is 0.137. The van der Waals surface area contributed by atoms with E-state index < -0.39 is 11.6 Å². The van der Waals surface area contributed by atoms with E-state index in [4.69, 9.17) is 10.5 Å². The smallest absolute Gasteiger partial charge is 0.200 e. The average Bonchev–Trinajstić information content (AvgIpc) is 2.49. The molecule has 0 fully saturated rings. The number of nitrogens with two attached hydrogens (primary N) is 1. The molecule has 3 atom stereocenters. The van der Waals surface area contributed by atoms with Crippen LogP contribution < -0.4 is 10.5 Å². The minimum absolute atomic E-state index is 0.0815. The summed E-state index contributed by atoms with van der Waals surface area (Å²) < 4.78 is 32.7. The van der Waals surface area contributed by atoms with Crippen LogP contribution in [0.25, 0.3) is 0 Å². The second-order valence-corrected chi connectivity index (χ2v) is 5.50. The molecule has 4 heteroatoms. The van der Waals surface area contributed by atoms with Gasteiger partial charge in [-0.15, -0.1) is 0 Å². The third kappa shape index (κ3) is 2.51. The largest absolute Gasteiger partial charge is 0.485 e. The first-order valence-electron chi connectivity index (χ1n) is 7.03. The van der Waals surface area contributed by atoms with Gasteiger partial charge in [0.15, 0.2) is 11.6 Å². The van der Waals surface area contributed by atoms with E-state index in [1.165, 1.54) is 17.7 Å². The molecule has 0 bridgehead atoms. The zero-order valence-electron chi connectivity index (χ0n) is 11.7. The molecule has 0 saturated heterocycles. The lowest BCUT2D eigenvalue weighted by atomic mass is 9.79. The van der Waals surface area contributed by atoms with Gasteiger partial charge in [0.25, 0.3) is 0 Å². The van der Waals surface area contributed by atoms with Crippen LogP contribution in [0.4, 0.5) is 8.78 Å². The van der Waals surface area contributed by atoms with Gasteiger partial charge in [-0.05, 0) is 35.6 Å². The Hall–Kier alpha value is -1.94. The molecule has 0 spiro atoms. The Kier molecular flexibility index (Phi) is 3.64. The lowest BCUT2D eigenvalue weighted by Gasteiger charge is -2.35. The Bertz CT molecular complexity index is 659. The normalized spacial score (nSPS) is 24.5. The van der Waals surface area contributed by atoms with E-state index in [2.05, 4.69) is 13.0 Å². The van der Waals surface area contributed by atoms with Crippen molar-refractivity contribution in [2.24, 2.45) is 5.73 Å². The van der Waals surface area contributed by atoms with Crippen LogP contribution >= 0.6 is 0 Å². The van der Waals surface area contributed by atoms with Gasteiger partial charge >= 0.3 is 0 Å². The first-order valence-corrected chi connectivity index (χ1v) is 7.03. The fraction of sp³-hybridized carbons (Fsp3) is 0.294. The predicted octanol–water partition coefficient (Wildman–Crippen LogP) is 3.92. The Morgan fingerprint density at radius 2 is 1.76 bits per heavy atom. The molecule has 3 rings (SSSR count). The van der Waals surface area contributed by atoms with E-state index in [9.17, 15) is 8.78 Å². The maximum absolute atomic E-state index is 13.7. The molecular formula is C17H17F2NO. The van der Waals surface area contributed by atoms with Gasteiger partial charge in [-0.1, -0.05) is 37.3 Å². The summed E-state index contributed by atoms with van der Waals surface area (Å²) in [5.41, 5.74) is 8.46. The highest BCUT2D eigenvalue weighted by atomic mass is 19.2. The van der Waals surface area contributed by atoms with Gasteiger partial charge in [-0.2, -0.15) is 4.39 Å². The van der Waals surface area contributed by atoms with Crippen LogP contribution in [0.2, 0.25) is 0 Å². The van der Waals surface area contributed by atoms with Crippen LogP contribution in [0.15, 0.2) is 42.5 Å². The Morgan fingerprint density at radius 3 is 2.52 bits per heavy atom. The second kappa shape index (κ2) is 5.45. The van der Waals surface area contributed by atoms with Crippen molar-refractivity contribution in [3.63, 3.8) is 0 Å². The third-order valence-electron chi connectivity index (χ3n) is 4.07. The quantitative estimate of drug-likeness (QED) is 0.909. The predicted molar refractivity (Wildman–Crippen MR) is 77.2 cm³/mol. The maximum atomic E-state index is 13.7. The van der Waals surface area contributed by atoms with Crippen molar-refractivity contribution in [2.45, 2.75) is 31.4 Å². The van der Waals surface area contributed by atoms with Crippen LogP contribution in [0, 0.1) is 11.6 Å². The van der Waals surface area contributed by atoms with Crippen LogP contribution in [-0.4, -0.2) is 6.10 Å². The van der Waals surface area contributed by atoms with Crippen LogP contribution in [0.1, 0.15) is 36.4 Å². The molecule has 2 aromatic carbocycles. The summed E-state index contributed by atoms with van der Waals surface area (Å²) >= 11 is 0. The van der Waals surface area contributed by atoms with Crippen molar-refractivity contribution >= 4 is 0 Å². The van der Waals surface area contributed by atoms with Gasteiger partial charge in [0.05, 0.1) is 6.04 Å². The standard InChI is InChI=1S/C17H17F2NO/c1-10-9-15(17(20)12-6-3-2-5-11(10)12)21-14-8-4-7-13(18)16(14)19/h2-8,10,15,17H,9,20H2,1H3. The molecule has 0 aromatic heterocycles. The van der Waals surface area contributed by atoms with Crippen molar-refractivity contribution < 1.29 is 13.5 Å². The summed E-state index contributed by atoms with van der Waals surface area (Å²) in [5.74, 6) is -1.69. The second-order valence-electron chi connectivity index (χ2n) is 5.50. The molecule has 1 aliphatic rings. The fourth-order valence-corrected chi connectivity index (χ4v) is 2.95. The monoisotopic (exact) mass is 289 g/mol. The van der Waals surface area contributed by atoms with E-state index in [1.807, 2.05) is 18.2 Å². The van der Waals surface area contributed by atoms with E-state index >= 15 is 0 Å². The van der Waals surface area contributed by atoms with Gasteiger partial charge in [-0.3, -0.25) is 0 Å². The van der Waals surface area contributed by atoms with E-state index in [1.54, 1.807) is 0 Å². The van der Waals surface area contributed by atoms with Crippen molar-refractivity contribution in [1.82, 2.24) is 0 Å². The highest BCUT2D eigenvalue weighted by Crippen LogP contribution is 2.38. The van der Waals surface area contributed by atoms with Gasteiger partial charge in [-0.25, -0.2) is 4.39 Å². The van der Waals surface area contributed by atoms with Crippen LogP contribution in [-0.2, 0) is 0 Å². The molecule has 110 valence electrons. The minimum Gasteiger partial charge on any atom is -0.485 e. The number of hydrogen-bond donors (Lipinski definition) is 1. The Morgan fingerprint density at radius 1 is 1.05 bits per heavy atom. The fourth-order valence-electron chi connectivity index (χ4n) is 2.95. The highest BCUT2D eigenvalue weighted by molar-refractivity contribution is 5.36. The summed E-state index contributed by atoms with van der Waals surface area (Å²) in [7, 11) is 0. The zero-order chi connectivity index (χ0) is 15.0. The molecule has 0 aliphatic heterocycles. The molecule has 2 nitrogen and oxygen atoms in total. The number of benzene rings is 2. The topological polar surface area (TPSA) is 35.2 Å². The number of hydrogen-bond acceptors (Lipinski definition) is 2.